The van der Waals surface area contributed by atoms with Crippen LogP contribution in [0.25, 0.3) is 0 Å². The number of amides is 2. The Balaban J connectivity index is 1.62. The summed E-state index contributed by atoms with van der Waals surface area (Å²) in [5.41, 5.74) is 0.943. The molecule has 3 atom stereocenters. The Morgan fingerprint density at radius 3 is 2.66 bits per heavy atom. The molecule has 220 valence electrons. The molecular weight excluding hydrogens is 574 g/mol. The average molecular weight is 606 g/mol. The van der Waals surface area contributed by atoms with E-state index >= 15 is 0 Å². The minimum Gasteiger partial charge on any atom is -0.488 e. The monoisotopic (exact) mass is 605 g/mol. The van der Waals surface area contributed by atoms with Crippen LogP contribution in [0.15, 0.2) is 53.7 Å². The van der Waals surface area contributed by atoms with Crippen LogP contribution >= 0.6 is 11.6 Å². The number of sulfonamides is 1. The van der Waals surface area contributed by atoms with E-state index in [2.05, 4.69) is 20.8 Å². The lowest BCUT2D eigenvalue weighted by atomic mass is 10.0. The molecular formula is C26H32ClN7O6S. The van der Waals surface area contributed by atoms with Crippen LogP contribution in [-0.4, -0.2) is 93.6 Å². The number of benzene rings is 2. The fourth-order valence-electron chi connectivity index (χ4n) is 4.46. The number of hydrogen-bond donors (Lipinski definition) is 2. The van der Waals surface area contributed by atoms with Crippen molar-refractivity contribution in [2.24, 2.45) is 5.92 Å². The summed E-state index contributed by atoms with van der Waals surface area (Å²) in [6.45, 7) is 3.50. The Labute approximate surface area is 243 Å². The van der Waals surface area contributed by atoms with E-state index in [4.69, 9.17) is 16.3 Å². The number of ether oxygens (including phenoxy) is 1. The van der Waals surface area contributed by atoms with Crippen molar-refractivity contribution in [2.75, 3.05) is 32.1 Å². The van der Waals surface area contributed by atoms with Gasteiger partial charge in [-0.15, -0.1) is 5.10 Å². The van der Waals surface area contributed by atoms with Crippen LogP contribution in [0.2, 0.25) is 5.02 Å². The first kappa shape index (κ1) is 30.4. The van der Waals surface area contributed by atoms with Gasteiger partial charge in [0.1, 0.15) is 24.7 Å². The van der Waals surface area contributed by atoms with E-state index < -0.39 is 22.2 Å². The molecule has 41 heavy (non-hydrogen) atoms. The maximum Gasteiger partial charge on any atom is 0.246 e. The van der Waals surface area contributed by atoms with Crippen molar-refractivity contribution in [2.45, 2.75) is 43.9 Å². The molecule has 2 heterocycles. The zero-order chi connectivity index (χ0) is 29.7. The van der Waals surface area contributed by atoms with Crippen molar-refractivity contribution >= 4 is 39.1 Å². The third-order valence-corrected chi connectivity index (χ3v) is 8.95. The van der Waals surface area contributed by atoms with Crippen molar-refractivity contribution in [3.05, 3.63) is 59.4 Å². The molecule has 0 aliphatic carbocycles. The van der Waals surface area contributed by atoms with Gasteiger partial charge in [0.15, 0.2) is 0 Å². The zero-order valence-corrected chi connectivity index (χ0v) is 24.4. The second kappa shape index (κ2) is 12.9. The molecule has 2 aromatic carbocycles. The first-order valence-electron chi connectivity index (χ1n) is 12.9. The van der Waals surface area contributed by atoms with Crippen LogP contribution in [0.4, 0.5) is 5.69 Å². The van der Waals surface area contributed by atoms with Crippen LogP contribution in [-0.2, 0) is 32.6 Å². The highest BCUT2D eigenvalue weighted by Crippen LogP contribution is 2.30. The molecule has 4 rings (SSSR count). The van der Waals surface area contributed by atoms with E-state index in [1.807, 2.05) is 6.92 Å². The average Bonchev–Trinajstić information content (AvgIpc) is 3.45. The smallest absolute Gasteiger partial charge is 0.246 e. The van der Waals surface area contributed by atoms with E-state index in [1.165, 1.54) is 46.6 Å². The van der Waals surface area contributed by atoms with E-state index in [-0.39, 0.29) is 55.3 Å². The number of aliphatic hydroxyl groups excluding tert-OH is 1. The molecule has 0 saturated heterocycles. The molecule has 0 unspecified atom stereocenters. The Morgan fingerprint density at radius 1 is 1.27 bits per heavy atom. The molecule has 2 N–H and O–H groups in total. The van der Waals surface area contributed by atoms with Crippen LogP contribution in [0, 0.1) is 5.92 Å². The first-order valence-corrected chi connectivity index (χ1v) is 14.7. The minimum atomic E-state index is -3.86. The molecule has 1 aliphatic heterocycles. The highest BCUT2D eigenvalue weighted by atomic mass is 35.5. The van der Waals surface area contributed by atoms with E-state index in [1.54, 1.807) is 30.0 Å². The van der Waals surface area contributed by atoms with Gasteiger partial charge in [-0.25, -0.2) is 13.1 Å². The van der Waals surface area contributed by atoms with Crippen molar-refractivity contribution in [1.29, 1.82) is 0 Å². The van der Waals surface area contributed by atoms with Crippen molar-refractivity contribution in [3.8, 4) is 5.75 Å². The number of aliphatic hydroxyl groups is 1. The lowest BCUT2D eigenvalue weighted by molar-refractivity contribution is -0.134. The number of fused-ring (bicyclic) bond motifs is 1. The number of rotatable bonds is 9. The second-order valence-electron chi connectivity index (χ2n) is 10.0. The molecule has 0 bridgehead atoms. The van der Waals surface area contributed by atoms with Gasteiger partial charge in [0, 0.05) is 35.8 Å². The van der Waals surface area contributed by atoms with Crippen molar-refractivity contribution in [3.63, 3.8) is 0 Å². The van der Waals surface area contributed by atoms with E-state index in [9.17, 15) is 23.1 Å². The van der Waals surface area contributed by atoms with Crippen LogP contribution < -0.4 is 10.1 Å². The van der Waals surface area contributed by atoms with Gasteiger partial charge in [0.05, 0.1) is 30.5 Å². The zero-order valence-electron chi connectivity index (χ0n) is 22.8. The molecule has 0 fully saturated rings. The van der Waals surface area contributed by atoms with Gasteiger partial charge in [-0.3, -0.25) is 9.59 Å². The molecule has 0 saturated carbocycles. The summed E-state index contributed by atoms with van der Waals surface area (Å²) in [5, 5.41) is 23.7. The SMILES string of the molecule is C[C@@H]1CN([C@@H](C)CO)C(=O)Cc2cc(NC(=O)Cn3cnnn3)ccc2O[C@@H]1CN(C)S(=O)(=O)c1ccc(Cl)cc1. The minimum absolute atomic E-state index is 0.00840. The maximum atomic E-state index is 13.4. The van der Waals surface area contributed by atoms with Gasteiger partial charge in [0.25, 0.3) is 0 Å². The largest absolute Gasteiger partial charge is 0.488 e. The Hall–Kier alpha value is -3.59. The maximum absolute atomic E-state index is 13.4. The fourth-order valence-corrected chi connectivity index (χ4v) is 5.77. The summed E-state index contributed by atoms with van der Waals surface area (Å²) in [7, 11) is -2.39. The lowest BCUT2D eigenvalue weighted by Crippen LogP contribution is -2.48. The standard InChI is InChI=1S/C26H32ClN7O6S/c1-17-12-34(18(2)15-35)26(37)11-19-10-21(29-25(36)14-33-16-28-30-31-33)6-9-23(19)40-24(17)13-32(3)41(38,39)22-7-4-20(27)5-8-22/h4-10,16-18,24,35H,11-15H2,1-3H3,(H,29,36)/t17-,18+,24-/m1/s1. The number of halogens is 1. The predicted octanol–water partition coefficient (Wildman–Crippen LogP) is 1.43. The van der Waals surface area contributed by atoms with Crippen molar-refractivity contribution in [1.82, 2.24) is 29.4 Å². The number of tetrazole rings is 1. The van der Waals surface area contributed by atoms with Gasteiger partial charge in [-0.05, 0) is 59.8 Å². The van der Waals surface area contributed by atoms with Gasteiger partial charge >= 0.3 is 0 Å². The molecule has 1 aromatic heterocycles. The second-order valence-corrected chi connectivity index (χ2v) is 12.5. The summed E-state index contributed by atoms with van der Waals surface area (Å²) >= 11 is 5.94. The summed E-state index contributed by atoms with van der Waals surface area (Å²) in [4.78, 5) is 27.6. The summed E-state index contributed by atoms with van der Waals surface area (Å²) in [6, 6.07) is 10.4. The summed E-state index contributed by atoms with van der Waals surface area (Å²) in [6.07, 6.45) is 0.619. The molecule has 0 spiro atoms. The van der Waals surface area contributed by atoms with Crippen LogP contribution in [0.3, 0.4) is 0 Å². The third-order valence-electron chi connectivity index (χ3n) is 6.86. The number of carbonyl (C=O) groups excluding carboxylic acids is 2. The number of aromatic nitrogens is 4. The Morgan fingerprint density at radius 2 is 2.00 bits per heavy atom. The lowest BCUT2D eigenvalue weighted by Gasteiger charge is -2.33. The Kier molecular flexibility index (Phi) is 9.58. The van der Waals surface area contributed by atoms with Crippen LogP contribution in [0.5, 0.6) is 5.75 Å². The fraction of sp³-hybridized carbons (Fsp3) is 0.423. The molecule has 13 nitrogen and oxygen atoms in total. The van der Waals surface area contributed by atoms with Crippen LogP contribution in [0.1, 0.15) is 19.4 Å². The summed E-state index contributed by atoms with van der Waals surface area (Å²) in [5.74, 6) is -0.520. The molecule has 3 aromatic rings. The van der Waals surface area contributed by atoms with Crippen molar-refractivity contribution < 1.29 is 27.9 Å². The quantitative estimate of drug-likeness (QED) is 0.368. The first-order chi connectivity index (χ1) is 19.5. The molecule has 0 radical (unpaired) electrons. The number of nitrogens with zero attached hydrogens (tertiary/aromatic N) is 6. The van der Waals surface area contributed by atoms with Gasteiger partial charge in [-0.2, -0.15) is 4.31 Å². The molecule has 1 aliphatic rings. The van der Waals surface area contributed by atoms with E-state index in [0.717, 1.165) is 0 Å². The molecule has 15 heteroatoms. The highest BCUT2D eigenvalue weighted by Gasteiger charge is 2.33. The summed E-state index contributed by atoms with van der Waals surface area (Å²) < 4.78 is 35.5. The number of hydrogen-bond acceptors (Lipinski definition) is 9. The normalized spacial score (nSPS) is 18.6. The number of nitrogens with one attached hydrogen (secondary N) is 1. The molecule has 2 amide bonds. The third kappa shape index (κ3) is 7.38. The highest BCUT2D eigenvalue weighted by molar-refractivity contribution is 7.89. The predicted molar refractivity (Wildman–Crippen MR) is 150 cm³/mol. The van der Waals surface area contributed by atoms with Gasteiger partial charge in [0.2, 0.25) is 21.8 Å². The van der Waals surface area contributed by atoms with E-state index in [0.29, 0.717) is 22.0 Å². The number of anilines is 1. The topological polar surface area (TPSA) is 160 Å². The number of likely N-dealkylation sites (N-methyl/N-ethyl adjacent to an activating group) is 1. The Bertz CT molecular complexity index is 1470. The number of carbonyl (C=O) groups is 2. The van der Waals surface area contributed by atoms with Gasteiger partial charge in [-0.1, -0.05) is 18.5 Å². The van der Waals surface area contributed by atoms with Gasteiger partial charge < -0.3 is 20.1 Å².